The van der Waals surface area contributed by atoms with E-state index < -0.39 is 5.97 Å². The van der Waals surface area contributed by atoms with Gasteiger partial charge in [-0.15, -0.1) is 0 Å². The highest BCUT2D eigenvalue weighted by Crippen LogP contribution is 2.72. The minimum absolute atomic E-state index is 0.0456. The summed E-state index contributed by atoms with van der Waals surface area (Å²) in [6.45, 7) is 2.94. The van der Waals surface area contributed by atoms with Crippen molar-refractivity contribution in [3.63, 3.8) is 0 Å². The van der Waals surface area contributed by atoms with Gasteiger partial charge in [-0.3, -0.25) is 4.79 Å². The van der Waals surface area contributed by atoms with Crippen LogP contribution in [0.4, 0.5) is 0 Å². The van der Waals surface area contributed by atoms with E-state index in [9.17, 15) is 4.79 Å². The van der Waals surface area contributed by atoms with Crippen molar-refractivity contribution < 1.29 is 9.90 Å². The molecule has 90 valence electrons. The number of carbonyl (C=O) groups is 1. The lowest BCUT2D eigenvalue weighted by atomic mass is 9.44. The average molecular weight is 223 g/mol. The predicted octanol–water partition coefficient (Wildman–Crippen LogP) is 1.72. The predicted molar refractivity (Wildman–Crippen MR) is 60.7 cm³/mol. The Hall–Kier alpha value is -0.570. The highest BCUT2D eigenvalue weighted by atomic mass is 16.4. The first-order valence-electron chi connectivity index (χ1n) is 6.52. The molecule has 2 bridgehead atoms. The summed E-state index contributed by atoms with van der Waals surface area (Å²) in [5.74, 6) is 3.02. The third kappa shape index (κ3) is 1.05. The van der Waals surface area contributed by atoms with E-state index >= 15 is 0 Å². The van der Waals surface area contributed by atoms with Crippen LogP contribution in [-0.2, 0) is 4.79 Å². The molecule has 6 unspecified atom stereocenters. The van der Waals surface area contributed by atoms with Crippen LogP contribution in [0.15, 0.2) is 0 Å². The highest BCUT2D eigenvalue weighted by molar-refractivity contribution is 5.68. The van der Waals surface area contributed by atoms with Gasteiger partial charge >= 0.3 is 5.97 Å². The quantitative estimate of drug-likeness (QED) is 0.765. The van der Waals surface area contributed by atoms with Crippen molar-refractivity contribution in [3.8, 4) is 0 Å². The molecule has 0 saturated heterocycles. The average Bonchev–Trinajstić information content (AvgIpc) is 2.44. The number of aliphatic carboxylic acids is 1. The number of hydrogen-bond donors (Lipinski definition) is 2. The van der Waals surface area contributed by atoms with Crippen molar-refractivity contribution in [2.75, 3.05) is 6.54 Å². The van der Waals surface area contributed by atoms with Crippen LogP contribution in [0, 0.1) is 35.0 Å². The van der Waals surface area contributed by atoms with Crippen LogP contribution < -0.4 is 5.73 Å². The van der Waals surface area contributed by atoms with Crippen LogP contribution in [0.25, 0.3) is 0 Å². The smallest absolute Gasteiger partial charge is 0.303 e. The maximum atomic E-state index is 11.1. The SMILES string of the molecule is CC1C2CCC3C1C(C2)C3(CN)CC(=O)O. The second kappa shape index (κ2) is 3.22. The summed E-state index contributed by atoms with van der Waals surface area (Å²) >= 11 is 0. The Labute approximate surface area is 96.4 Å². The van der Waals surface area contributed by atoms with Gasteiger partial charge in [-0.25, -0.2) is 0 Å². The van der Waals surface area contributed by atoms with Gasteiger partial charge in [0.2, 0.25) is 0 Å². The molecule has 0 radical (unpaired) electrons. The Balaban J connectivity index is 1.90. The third-order valence-corrected chi connectivity index (χ3v) is 6.02. The topological polar surface area (TPSA) is 63.3 Å². The zero-order valence-corrected chi connectivity index (χ0v) is 9.86. The lowest BCUT2D eigenvalue weighted by Gasteiger charge is -2.61. The third-order valence-electron chi connectivity index (χ3n) is 6.02. The van der Waals surface area contributed by atoms with Crippen molar-refractivity contribution in [1.82, 2.24) is 0 Å². The molecule has 0 aromatic heterocycles. The monoisotopic (exact) mass is 223 g/mol. The first kappa shape index (κ1) is 10.6. The molecular weight excluding hydrogens is 202 g/mol. The van der Waals surface area contributed by atoms with E-state index in [-0.39, 0.29) is 5.41 Å². The molecule has 0 heterocycles. The lowest BCUT2D eigenvalue weighted by Crippen LogP contribution is -2.60. The number of rotatable bonds is 3. The summed E-state index contributed by atoms with van der Waals surface area (Å²) in [7, 11) is 0. The van der Waals surface area contributed by atoms with Crippen molar-refractivity contribution in [2.45, 2.75) is 32.6 Å². The van der Waals surface area contributed by atoms with E-state index in [2.05, 4.69) is 6.92 Å². The molecule has 3 fully saturated rings. The number of hydrogen-bond acceptors (Lipinski definition) is 2. The van der Waals surface area contributed by atoms with Crippen molar-refractivity contribution in [1.29, 1.82) is 0 Å². The van der Waals surface area contributed by atoms with Crippen molar-refractivity contribution in [3.05, 3.63) is 0 Å². The van der Waals surface area contributed by atoms with Gasteiger partial charge in [-0.1, -0.05) is 6.92 Å². The van der Waals surface area contributed by atoms with Crippen LogP contribution in [0.2, 0.25) is 0 Å². The van der Waals surface area contributed by atoms with Crippen molar-refractivity contribution >= 4 is 5.97 Å². The summed E-state index contributed by atoms with van der Waals surface area (Å²) in [4.78, 5) is 11.1. The van der Waals surface area contributed by atoms with Crippen LogP contribution in [0.3, 0.4) is 0 Å². The molecule has 3 rings (SSSR count). The first-order chi connectivity index (χ1) is 7.60. The lowest BCUT2D eigenvalue weighted by molar-refractivity contribution is -0.161. The Morgan fingerprint density at radius 3 is 2.81 bits per heavy atom. The van der Waals surface area contributed by atoms with Gasteiger partial charge in [0.1, 0.15) is 0 Å². The molecule has 3 N–H and O–H groups in total. The fraction of sp³-hybridized carbons (Fsp3) is 0.923. The molecule has 0 aromatic rings. The van der Waals surface area contributed by atoms with E-state index in [0.29, 0.717) is 24.8 Å². The van der Waals surface area contributed by atoms with Gasteiger partial charge in [-0.05, 0) is 60.8 Å². The van der Waals surface area contributed by atoms with Crippen LogP contribution in [0.1, 0.15) is 32.6 Å². The maximum absolute atomic E-state index is 11.1. The normalized spacial score (nSPS) is 53.5. The molecule has 3 nitrogen and oxygen atoms in total. The Bertz CT molecular complexity index is 322. The molecule has 0 amide bonds. The fourth-order valence-corrected chi connectivity index (χ4v) is 5.36. The van der Waals surface area contributed by atoms with E-state index in [1.807, 2.05) is 0 Å². The highest BCUT2D eigenvalue weighted by Gasteiger charge is 2.68. The van der Waals surface area contributed by atoms with Gasteiger partial charge in [-0.2, -0.15) is 0 Å². The molecule has 6 atom stereocenters. The second-order valence-corrected chi connectivity index (χ2v) is 6.23. The molecule has 3 aliphatic rings. The first-order valence-corrected chi connectivity index (χ1v) is 6.52. The second-order valence-electron chi connectivity index (χ2n) is 6.23. The zero-order valence-electron chi connectivity index (χ0n) is 9.86. The summed E-state index contributed by atoms with van der Waals surface area (Å²) < 4.78 is 0. The minimum Gasteiger partial charge on any atom is -0.481 e. The van der Waals surface area contributed by atoms with E-state index in [1.165, 1.54) is 19.3 Å². The number of carboxylic acid groups (broad SMARTS) is 1. The molecule has 0 spiro atoms. The Morgan fingerprint density at radius 2 is 2.19 bits per heavy atom. The standard InChI is InChI=1S/C13H21NO2/c1-7-8-2-3-9-12(7)10(4-8)13(9,6-14)5-11(15)16/h7-10,12H,2-6,14H2,1H3,(H,15,16). The molecule has 16 heavy (non-hydrogen) atoms. The van der Waals surface area contributed by atoms with E-state index in [0.717, 1.165) is 17.8 Å². The van der Waals surface area contributed by atoms with Gasteiger partial charge in [0.05, 0.1) is 6.42 Å². The minimum atomic E-state index is -0.660. The molecular formula is C13H21NO2. The summed E-state index contributed by atoms with van der Waals surface area (Å²) in [5.41, 5.74) is 5.89. The molecule has 3 aliphatic carbocycles. The van der Waals surface area contributed by atoms with Crippen LogP contribution >= 0.6 is 0 Å². The van der Waals surface area contributed by atoms with Gasteiger partial charge in [0.25, 0.3) is 0 Å². The van der Waals surface area contributed by atoms with E-state index in [1.54, 1.807) is 0 Å². The molecule has 3 saturated carbocycles. The van der Waals surface area contributed by atoms with Crippen molar-refractivity contribution in [2.24, 2.45) is 40.7 Å². The number of fused-ring (bicyclic) bond motifs is 1. The van der Waals surface area contributed by atoms with Crippen LogP contribution in [-0.4, -0.2) is 17.6 Å². The van der Waals surface area contributed by atoms with Gasteiger partial charge in [0, 0.05) is 0 Å². The zero-order chi connectivity index (χ0) is 11.5. The summed E-state index contributed by atoms with van der Waals surface area (Å²) in [5, 5.41) is 9.10. The number of nitrogens with two attached hydrogens (primary N) is 1. The summed E-state index contributed by atoms with van der Waals surface area (Å²) in [6, 6.07) is 0. The van der Waals surface area contributed by atoms with Gasteiger partial charge in [0.15, 0.2) is 0 Å². The van der Waals surface area contributed by atoms with E-state index in [4.69, 9.17) is 10.8 Å². The summed E-state index contributed by atoms with van der Waals surface area (Å²) in [6.07, 6.45) is 4.07. The van der Waals surface area contributed by atoms with Gasteiger partial charge < -0.3 is 10.8 Å². The molecule has 3 heteroatoms. The molecule has 0 aromatic carbocycles. The Kier molecular flexibility index (Phi) is 2.13. The number of carboxylic acids is 1. The van der Waals surface area contributed by atoms with Crippen LogP contribution in [0.5, 0.6) is 0 Å². The molecule has 0 aliphatic heterocycles. The largest absolute Gasteiger partial charge is 0.481 e. The maximum Gasteiger partial charge on any atom is 0.303 e. The fourth-order valence-electron chi connectivity index (χ4n) is 5.36. The Morgan fingerprint density at radius 1 is 1.44 bits per heavy atom.